The van der Waals surface area contributed by atoms with Crippen molar-refractivity contribution in [2.45, 2.75) is 64.8 Å². The van der Waals surface area contributed by atoms with Gasteiger partial charge in [0.15, 0.2) is 0 Å². The second kappa shape index (κ2) is 16.1. The lowest BCUT2D eigenvalue weighted by Gasteiger charge is -2.35. The lowest BCUT2D eigenvalue weighted by molar-refractivity contribution is -0.274. The second-order valence-electron chi connectivity index (χ2n) is 12.4. The van der Waals surface area contributed by atoms with Crippen LogP contribution in [-0.2, 0) is 26.2 Å². The topological polar surface area (TPSA) is 72.7 Å². The minimum atomic E-state index is -4.77. The third-order valence-corrected chi connectivity index (χ3v) is 8.58. The van der Waals surface area contributed by atoms with Crippen molar-refractivity contribution >= 4 is 47.3 Å². The lowest BCUT2D eigenvalue weighted by atomic mass is 9.98. The highest BCUT2D eigenvalue weighted by molar-refractivity contribution is 6.31. The molecule has 46 heavy (non-hydrogen) atoms. The third-order valence-electron chi connectivity index (χ3n) is 8.21. The molecule has 0 atom stereocenters. The SMILES string of the molecule is CC(C)(N)CCCn1cc(-c2ccc(OC(F)(F)F)cc2CN)c2cc(CN3CCN(Cc4ccccc4Cl)CC3)ccc21.Cl.Cl. The van der Waals surface area contributed by atoms with Gasteiger partial charge >= 0.3 is 6.36 Å². The summed E-state index contributed by atoms with van der Waals surface area (Å²) in [5.74, 6) is -0.273. The summed E-state index contributed by atoms with van der Waals surface area (Å²) in [6.07, 6.45) is -0.922. The van der Waals surface area contributed by atoms with Crippen molar-refractivity contribution in [1.82, 2.24) is 14.4 Å². The van der Waals surface area contributed by atoms with E-state index >= 15 is 0 Å². The van der Waals surface area contributed by atoms with Crippen LogP contribution in [0.4, 0.5) is 13.2 Å². The molecule has 0 unspecified atom stereocenters. The zero-order valence-electron chi connectivity index (χ0n) is 26.2. The van der Waals surface area contributed by atoms with E-state index < -0.39 is 6.36 Å². The molecule has 6 nitrogen and oxygen atoms in total. The average molecular weight is 701 g/mol. The summed E-state index contributed by atoms with van der Waals surface area (Å²) in [6, 6.07) is 18.9. The molecule has 0 radical (unpaired) electrons. The minimum absolute atomic E-state index is 0. The predicted molar refractivity (Wildman–Crippen MR) is 186 cm³/mol. The first-order valence-corrected chi connectivity index (χ1v) is 15.4. The van der Waals surface area contributed by atoms with Crippen LogP contribution < -0.4 is 16.2 Å². The molecule has 0 amide bonds. The third kappa shape index (κ3) is 10.0. The number of rotatable bonds is 11. The maximum absolute atomic E-state index is 12.9. The standard InChI is InChI=1S/C34H41ClF3N5O.2ClH/c1-33(2,40)12-5-13-43-23-30(28-10-9-27(19-26(28)20-39)44-34(36,37)38)29-18-24(8-11-32(29)43)21-41-14-16-42(17-15-41)22-25-6-3-4-7-31(25)35;;/h3-4,6-11,18-19,23H,5,12-17,20-22,39-40H2,1-2H3;2*1H. The maximum Gasteiger partial charge on any atom is 0.573 e. The number of ether oxygens (including phenoxy) is 1. The molecule has 4 aromatic rings. The van der Waals surface area contributed by atoms with Crippen LogP contribution >= 0.6 is 36.4 Å². The number of nitrogens with zero attached hydrogens (tertiary/aromatic N) is 3. The van der Waals surface area contributed by atoms with Gasteiger partial charge in [0.1, 0.15) is 5.75 Å². The maximum atomic E-state index is 12.9. The molecule has 0 spiro atoms. The Labute approximate surface area is 286 Å². The van der Waals surface area contributed by atoms with Gasteiger partial charge in [0.05, 0.1) is 0 Å². The summed E-state index contributed by atoms with van der Waals surface area (Å²) in [5.41, 5.74) is 17.8. The first-order valence-electron chi connectivity index (χ1n) is 15.1. The normalized spacial score (nSPS) is 14.6. The van der Waals surface area contributed by atoms with Crippen molar-refractivity contribution < 1.29 is 17.9 Å². The number of nitrogens with two attached hydrogens (primary N) is 2. The van der Waals surface area contributed by atoms with Crippen LogP contribution in [0.5, 0.6) is 5.75 Å². The van der Waals surface area contributed by atoms with E-state index in [9.17, 15) is 13.2 Å². The minimum Gasteiger partial charge on any atom is -0.406 e. The van der Waals surface area contributed by atoms with Gasteiger partial charge in [-0.15, -0.1) is 38.0 Å². The van der Waals surface area contributed by atoms with E-state index in [0.717, 1.165) is 91.3 Å². The highest BCUT2D eigenvalue weighted by Crippen LogP contribution is 2.36. The Kier molecular flexibility index (Phi) is 13.3. The van der Waals surface area contributed by atoms with Crippen molar-refractivity contribution in [2.75, 3.05) is 26.2 Å². The summed E-state index contributed by atoms with van der Waals surface area (Å²) in [7, 11) is 0. The van der Waals surface area contributed by atoms with Gasteiger partial charge in [-0.2, -0.15) is 0 Å². The smallest absolute Gasteiger partial charge is 0.406 e. The van der Waals surface area contributed by atoms with Crippen molar-refractivity contribution in [3.05, 3.63) is 88.6 Å². The van der Waals surface area contributed by atoms with Gasteiger partial charge in [-0.1, -0.05) is 41.9 Å². The van der Waals surface area contributed by atoms with E-state index in [4.69, 9.17) is 23.1 Å². The number of halogens is 6. The molecule has 3 aromatic carbocycles. The monoisotopic (exact) mass is 699 g/mol. The van der Waals surface area contributed by atoms with Crippen molar-refractivity contribution in [1.29, 1.82) is 0 Å². The number of hydrogen-bond acceptors (Lipinski definition) is 5. The first-order chi connectivity index (χ1) is 20.9. The Morgan fingerprint density at radius 3 is 2.15 bits per heavy atom. The molecule has 1 aliphatic heterocycles. The Morgan fingerprint density at radius 2 is 1.52 bits per heavy atom. The average Bonchev–Trinajstić information content (AvgIpc) is 3.31. The fourth-order valence-corrected chi connectivity index (χ4v) is 6.17. The van der Waals surface area contributed by atoms with Gasteiger partial charge in [-0.25, -0.2) is 0 Å². The quantitative estimate of drug-likeness (QED) is 0.166. The van der Waals surface area contributed by atoms with Crippen LogP contribution in [-0.4, -0.2) is 52.4 Å². The van der Waals surface area contributed by atoms with Crippen molar-refractivity contribution in [3.8, 4) is 16.9 Å². The molecule has 5 rings (SSSR count). The zero-order valence-corrected chi connectivity index (χ0v) is 28.5. The Morgan fingerprint density at radius 1 is 0.848 bits per heavy atom. The molecule has 2 heterocycles. The highest BCUT2D eigenvalue weighted by atomic mass is 35.5. The van der Waals surface area contributed by atoms with Crippen LogP contribution in [0.1, 0.15) is 43.4 Å². The lowest BCUT2D eigenvalue weighted by Crippen LogP contribution is -2.45. The molecule has 1 aliphatic rings. The van der Waals surface area contributed by atoms with E-state index in [1.807, 2.05) is 32.0 Å². The number of benzene rings is 3. The number of fused-ring (bicyclic) bond motifs is 1. The molecule has 1 saturated heterocycles. The molecule has 1 fully saturated rings. The predicted octanol–water partition coefficient (Wildman–Crippen LogP) is 8.00. The fourth-order valence-electron chi connectivity index (χ4n) is 5.98. The fraction of sp³-hybridized carbons (Fsp3) is 0.412. The van der Waals surface area contributed by atoms with Crippen LogP contribution in [0, 0.1) is 0 Å². The number of alkyl halides is 3. The molecule has 0 aliphatic carbocycles. The molecule has 12 heteroatoms. The van der Waals surface area contributed by atoms with Crippen molar-refractivity contribution in [2.24, 2.45) is 11.5 Å². The molecule has 0 bridgehead atoms. The largest absolute Gasteiger partial charge is 0.573 e. The van der Waals surface area contributed by atoms with Crippen LogP contribution in [0.25, 0.3) is 22.0 Å². The molecular weight excluding hydrogens is 658 g/mol. The second-order valence-corrected chi connectivity index (χ2v) is 12.8. The Hall–Kier alpha value is -2.50. The molecule has 0 saturated carbocycles. The zero-order chi connectivity index (χ0) is 31.5. The summed E-state index contributed by atoms with van der Waals surface area (Å²) < 4.78 is 45.1. The van der Waals surface area contributed by atoms with E-state index in [1.165, 1.54) is 17.7 Å². The number of hydrogen-bond donors (Lipinski definition) is 2. The number of aryl methyl sites for hydroxylation is 1. The van der Waals surface area contributed by atoms with E-state index in [1.54, 1.807) is 6.07 Å². The van der Waals surface area contributed by atoms with Crippen LogP contribution in [0.3, 0.4) is 0 Å². The molecule has 1 aromatic heterocycles. The first kappa shape index (κ1) is 38.0. The number of aromatic nitrogens is 1. The summed E-state index contributed by atoms with van der Waals surface area (Å²) >= 11 is 6.38. The van der Waals surface area contributed by atoms with Crippen molar-refractivity contribution in [3.63, 3.8) is 0 Å². The molecule has 4 N–H and O–H groups in total. The van der Waals surface area contributed by atoms with Gasteiger partial charge in [-0.05, 0) is 79.3 Å². The van der Waals surface area contributed by atoms with E-state index in [-0.39, 0.29) is 42.6 Å². The van der Waals surface area contributed by atoms with Gasteiger partial charge < -0.3 is 20.8 Å². The molecule has 252 valence electrons. The van der Waals surface area contributed by atoms with Gasteiger partial charge in [-0.3, -0.25) is 9.80 Å². The van der Waals surface area contributed by atoms with Gasteiger partial charge in [0.2, 0.25) is 0 Å². The van der Waals surface area contributed by atoms with Crippen LogP contribution in [0.15, 0.2) is 66.9 Å². The highest BCUT2D eigenvalue weighted by Gasteiger charge is 2.31. The van der Waals surface area contributed by atoms with Gasteiger partial charge in [0.25, 0.3) is 0 Å². The van der Waals surface area contributed by atoms with Crippen LogP contribution in [0.2, 0.25) is 5.02 Å². The van der Waals surface area contributed by atoms with Gasteiger partial charge in [0, 0.05) is 85.6 Å². The summed E-state index contributed by atoms with van der Waals surface area (Å²) in [4.78, 5) is 4.89. The summed E-state index contributed by atoms with van der Waals surface area (Å²) in [5, 5.41) is 1.85. The molecular formula is C34H43Cl3F3N5O. The Balaban J connectivity index is 0.00000288. The summed E-state index contributed by atoms with van der Waals surface area (Å²) in [6.45, 7) is 10.4. The number of piperazine rings is 1. The van der Waals surface area contributed by atoms with E-state index in [0.29, 0.717) is 5.56 Å². The Bertz CT molecular complexity index is 1580. The van der Waals surface area contributed by atoms with E-state index in [2.05, 4.69) is 49.6 Å².